The lowest BCUT2D eigenvalue weighted by Gasteiger charge is -2.20. The summed E-state index contributed by atoms with van der Waals surface area (Å²) in [4.78, 5) is 16.7. The van der Waals surface area contributed by atoms with Crippen molar-refractivity contribution in [3.05, 3.63) is 24.0 Å². The molecule has 0 saturated carbocycles. The van der Waals surface area contributed by atoms with Crippen LogP contribution < -0.4 is 0 Å². The SMILES string of the molecule is CCN(CC(=O)c1ccc[nH]1)CC(C)C#N. The van der Waals surface area contributed by atoms with Crippen LogP contribution in [0.5, 0.6) is 0 Å². The zero-order valence-corrected chi connectivity index (χ0v) is 9.73. The Morgan fingerprint density at radius 3 is 2.94 bits per heavy atom. The maximum atomic E-state index is 11.8. The summed E-state index contributed by atoms with van der Waals surface area (Å²) in [7, 11) is 0. The van der Waals surface area contributed by atoms with Crippen LogP contribution in [0.4, 0.5) is 0 Å². The Labute approximate surface area is 95.9 Å². The lowest BCUT2D eigenvalue weighted by atomic mass is 10.2. The standard InChI is InChI=1S/C12H17N3O/c1-3-15(8-10(2)7-13)9-12(16)11-5-4-6-14-11/h4-6,10,14H,3,8-9H2,1-2H3. The van der Waals surface area contributed by atoms with Gasteiger partial charge in [-0.25, -0.2) is 0 Å². The maximum Gasteiger partial charge on any atom is 0.192 e. The first-order valence-corrected chi connectivity index (χ1v) is 5.46. The highest BCUT2D eigenvalue weighted by Gasteiger charge is 2.13. The predicted molar refractivity (Wildman–Crippen MR) is 62.0 cm³/mol. The van der Waals surface area contributed by atoms with Crippen LogP contribution in [0.1, 0.15) is 24.3 Å². The summed E-state index contributed by atoms with van der Waals surface area (Å²) < 4.78 is 0. The molecular formula is C12H17N3O. The van der Waals surface area contributed by atoms with Crippen molar-refractivity contribution in [2.45, 2.75) is 13.8 Å². The van der Waals surface area contributed by atoms with Gasteiger partial charge < -0.3 is 4.98 Å². The largest absolute Gasteiger partial charge is 0.359 e. The van der Waals surface area contributed by atoms with Gasteiger partial charge in [-0.05, 0) is 25.6 Å². The van der Waals surface area contributed by atoms with Gasteiger partial charge in [-0.3, -0.25) is 9.69 Å². The van der Waals surface area contributed by atoms with E-state index < -0.39 is 0 Å². The molecule has 1 atom stereocenters. The molecule has 0 radical (unpaired) electrons. The highest BCUT2D eigenvalue weighted by Crippen LogP contribution is 2.02. The molecule has 1 aromatic heterocycles. The molecule has 0 aromatic carbocycles. The van der Waals surface area contributed by atoms with Crippen LogP contribution in [0.15, 0.2) is 18.3 Å². The smallest absolute Gasteiger partial charge is 0.192 e. The number of aromatic nitrogens is 1. The molecule has 16 heavy (non-hydrogen) atoms. The third kappa shape index (κ3) is 3.52. The molecule has 1 aromatic rings. The average Bonchev–Trinajstić information content (AvgIpc) is 2.81. The van der Waals surface area contributed by atoms with E-state index in [0.717, 1.165) is 6.54 Å². The molecule has 0 aliphatic rings. The molecule has 1 unspecified atom stereocenters. The topological polar surface area (TPSA) is 59.9 Å². The molecule has 0 bridgehead atoms. The predicted octanol–water partition coefficient (Wildman–Crippen LogP) is 1.68. The van der Waals surface area contributed by atoms with Crippen molar-refractivity contribution in [2.24, 2.45) is 5.92 Å². The number of likely N-dealkylation sites (N-methyl/N-ethyl adjacent to an activating group) is 1. The van der Waals surface area contributed by atoms with Crippen LogP contribution in [-0.2, 0) is 0 Å². The van der Waals surface area contributed by atoms with Crippen molar-refractivity contribution in [1.29, 1.82) is 5.26 Å². The van der Waals surface area contributed by atoms with Gasteiger partial charge in [0.2, 0.25) is 0 Å². The molecule has 0 saturated heterocycles. The number of rotatable bonds is 6. The summed E-state index contributed by atoms with van der Waals surface area (Å²) in [6.07, 6.45) is 1.74. The van der Waals surface area contributed by atoms with Crippen molar-refractivity contribution in [1.82, 2.24) is 9.88 Å². The minimum Gasteiger partial charge on any atom is -0.359 e. The number of nitriles is 1. The molecule has 1 heterocycles. The lowest BCUT2D eigenvalue weighted by Crippen LogP contribution is -2.33. The zero-order chi connectivity index (χ0) is 12.0. The summed E-state index contributed by atoms with van der Waals surface area (Å²) in [6, 6.07) is 5.75. The number of H-pyrrole nitrogens is 1. The quantitative estimate of drug-likeness (QED) is 0.740. The van der Waals surface area contributed by atoms with Crippen LogP contribution in [0.25, 0.3) is 0 Å². The summed E-state index contributed by atoms with van der Waals surface area (Å²) >= 11 is 0. The van der Waals surface area contributed by atoms with E-state index in [0.29, 0.717) is 18.8 Å². The van der Waals surface area contributed by atoms with Gasteiger partial charge in [0, 0.05) is 12.7 Å². The number of nitrogens with zero attached hydrogens (tertiary/aromatic N) is 2. The zero-order valence-electron chi connectivity index (χ0n) is 9.73. The number of carbonyl (C=O) groups excluding carboxylic acids is 1. The number of Topliss-reactive ketones (excluding diaryl/α,β-unsaturated/α-hetero) is 1. The monoisotopic (exact) mass is 219 g/mol. The number of ketones is 1. The average molecular weight is 219 g/mol. The minimum atomic E-state index is -0.0450. The fourth-order valence-corrected chi connectivity index (χ4v) is 1.53. The normalized spacial score (nSPS) is 12.4. The van der Waals surface area contributed by atoms with E-state index >= 15 is 0 Å². The van der Waals surface area contributed by atoms with E-state index in [9.17, 15) is 4.79 Å². The van der Waals surface area contributed by atoms with E-state index in [-0.39, 0.29) is 11.7 Å². The number of aromatic amines is 1. The Morgan fingerprint density at radius 2 is 2.44 bits per heavy atom. The molecule has 0 spiro atoms. The number of hydrogen-bond donors (Lipinski definition) is 1. The van der Waals surface area contributed by atoms with Gasteiger partial charge in [0.15, 0.2) is 5.78 Å². The van der Waals surface area contributed by atoms with Gasteiger partial charge in [-0.15, -0.1) is 0 Å². The molecular weight excluding hydrogens is 202 g/mol. The summed E-state index contributed by atoms with van der Waals surface area (Å²) in [5, 5.41) is 8.73. The molecule has 0 fully saturated rings. The van der Waals surface area contributed by atoms with Gasteiger partial charge in [0.05, 0.1) is 24.2 Å². The van der Waals surface area contributed by atoms with Gasteiger partial charge in [0.25, 0.3) is 0 Å². The molecule has 4 nitrogen and oxygen atoms in total. The van der Waals surface area contributed by atoms with Gasteiger partial charge in [-0.2, -0.15) is 5.26 Å². The van der Waals surface area contributed by atoms with E-state index in [1.165, 1.54) is 0 Å². The molecule has 0 amide bonds. The molecule has 1 rings (SSSR count). The molecule has 0 aliphatic heterocycles. The van der Waals surface area contributed by atoms with Crippen molar-refractivity contribution in [3.8, 4) is 6.07 Å². The second-order valence-corrected chi connectivity index (χ2v) is 3.86. The second-order valence-electron chi connectivity index (χ2n) is 3.86. The van der Waals surface area contributed by atoms with Gasteiger partial charge in [0.1, 0.15) is 0 Å². The van der Waals surface area contributed by atoms with Crippen molar-refractivity contribution in [2.75, 3.05) is 19.6 Å². The molecule has 4 heteroatoms. The second kappa shape index (κ2) is 6.09. The first kappa shape index (κ1) is 12.5. The summed E-state index contributed by atoms with van der Waals surface area (Å²) in [6.45, 7) is 5.63. The van der Waals surface area contributed by atoms with Gasteiger partial charge >= 0.3 is 0 Å². The molecule has 86 valence electrons. The summed E-state index contributed by atoms with van der Waals surface area (Å²) in [5.74, 6) is 0.0216. The Hall–Kier alpha value is -1.60. The third-order valence-corrected chi connectivity index (χ3v) is 2.47. The maximum absolute atomic E-state index is 11.8. The Morgan fingerprint density at radius 1 is 1.69 bits per heavy atom. The van der Waals surface area contributed by atoms with Crippen LogP contribution >= 0.6 is 0 Å². The fraction of sp³-hybridized carbons (Fsp3) is 0.500. The number of nitrogens with one attached hydrogen (secondary N) is 1. The molecule has 1 N–H and O–H groups in total. The highest BCUT2D eigenvalue weighted by molar-refractivity contribution is 5.95. The van der Waals surface area contributed by atoms with Crippen LogP contribution in [-0.4, -0.2) is 35.3 Å². The first-order chi connectivity index (χ1) is 7.67. The van der Waals surface area contributed by atoms with E-state index in [2.05, 4.69) is 11.1 Å². The Kier molecular flexibility index (Phi) is 4.74. The summed E-state index contributed by atoms with van der Waals surface area (Å²) in [5.41, 5.74) is 0.628. The minimum absolute atomic E-state index is 0.0450. The van der Waals surface area contributed by atoms with Crippen molar-refractivity contribution >= 4 is 5.78 Å². The highest BCUT2D eigenvalue weighted by atomic mass is 16.1. The number of carbonyl (C=O) groups is 1. The number of hydrogen-bond acceptors (Lipinski definition) is 3. The van der Waals surface area contributed by atoms with Crippen LogP contribution in [0.2, 0.25) is 0 Å². The van der Waals surface area contributed by atoms with E-state index in [1.807, 2.05) is 18.7 Å². The Bertz CT molecular complexity index is 364. The first-order valence-electron chi connectivity index (χ1n) is 5.46. The fourth-order valence-electron chi connectivity index (χ4n) is 1.53. The Balaban J connectivity index is 2.51. The van der Waals surface area contributed by atoms with Crippen LogP contribution in [0.3, 0.4) is 0 Å². The lowest BCUT2D eigenvalue weighted by molar-refractivity contribution is 0.0925. The van der Waals surface area contributed by atoms with Crippen molar-refractivity contribution < 1.29 is 4.79 Å². The van der Waals surface area contributed by atoms with E-state index in [1.54, 1.807) is 18.3 Å². The van der Waals surface area contributed by atoms with E-state index in [4.69, 9.17) is 5.26 Å². The molecule has 0 aliphatic carbocycles. The van der Waals surface area contributed by atoms with Crippen molar-refractivity contribution in [3.63, 3.8) is 0 Å². The van der Waals surface area contributed by atoms with Gasteiger partial charge in [-0.1, -0.05) is 6.92 Å². The van der Waals surface area contributed by atoms with Crippen LogP contribution in [0, 0.1) is 17.2 Å². The third-order valence-electron chi connectivity index (χ3n) is 2.47.